The Bertz CT molecular complexity index is 393. The highest BCUT2D eigenvalue weighted by Crippen LogP contribution is 2.34. The molecule has 0 amide bonds. The Hall–Kier alpha value is -1.35. The van der Waals surface area contributed by atoms with Gasteiger partial charge in [-0.25, -0.2) is 0 Å². The molecule has 1 atom stereocenters. The van der Waals surface area contributed by atoms with E-state index in [9.17, 15) is 9.90 Å². The van der Waals surface area contributed by atoms with Crippen LogP contribution in [0.15, 0.2) is 30.3 Å². The zero-order valence-electron chi connectivity index (χ0n) is 11.6. The van der Waals surface area contributed by atoms with Crippen molar-refractivity contribution in [2.24, 2.45) is 5.41 Å². The molecule has 0 aliphatic heterocycles. The molecule has 100 valence electrons. The summed E-state index contributed by atoms with van der Waals surface area (Å²) in [5.41, 5.74) is -1.10. The fourth-order valence-corrected chi connectivity index (χ4v) is 1.75. The summed E-state index contributed by atoms with van der Waals surface area (Å²) in [6.07, 6.45) is 0.416. The van der Waals surface area contributed by atoms with E-state index in [1.807, 2.05) is 30.3 Å². The van der Waals surface area contributed by atoms with E-state index in [1.54, 1.807) is 27.7 Å². The van der Waals surface area contributed by atoms with Crippen LogP contribution in [0.5, 0.6) is 0 Å². The Labute approximate surface area is 109 Å². The maximum atomic E-state index is 11.9. The van der Waals surface area contributed by atoms with Crippen molar-refractivity contribution in [1.29, 1.82) is 0 Å². The molecule has 1 rings (SSSR count). The molecule has 18 heavy (non-hydrogen) atoms. The quantitative estimate of drug-likeness (QED) is 0.817. The molecule has 0 spiro atoms. The zero-order chi connectivity index (χ0) is 13.8. The van der Waals surface area contributed by atoms with Crippen molar-refractivity contribution in [3.05, 3.63) is 35.9 Å². The Balaban J connectivity index is 2.88. The number of carbonyl (C=O) groups is 1. The minimum atomic E-state index is -1.15. The van der Waals surface area contributed by atoms with Crippen molar-refractivity contribution in [3.8, 4) is 0 Å². The van der Waals surface area contributed by atoms with Gasteiger partial charge in [0.1, 0.15) is 0 Å². The largest absolute Gasteiger partial charge is 0.465 e. The van der Waals surface area contributed by atoms with E-state index in [-0.39, 0.29) is 5.97 Å². The lowest BCUT2D eigenvalue weighted by Crippen LogP contribution is -2.49. The third kappa shape index (κ3) is 3.10. The third-order valence-electron chi connectivity index (χ3n) is 3.52. The van der Waals surface area contributed by atoms with Gasteiger partial charge in [-0.05, 0) is 33.3 Å². The molecule has 0 saturated heterocycles. The Morgan fingerprint density at radius 1 is 1.22 bits per heavy atom. The average Bonchev–Trinajstić information content (AvgIpc) is 2.29. The van der Waals surface area contributed by atoms with Crippen LogP contribution in [0, 0.1) is 5.41 Å². The summed E-state index contributed by atoms with van der Waals surface area (Å²) in [5, 5.41) is 10.6. The molecule has 0 aliphatic rings. The Morgan fingerprint density at radius 2 is 1.78 bits per heavy atom. The second kappa shape index (κ2) is 5.53. The molecule has 0 fully saturated rings. The SMILES string of the molecule is CCOC(=O)C(C)(C)C(C)(O)Cc1ccccc1. The summed E-state index contributed by atoms with van der Waals surface area (Å²) in [7, 11) is 0. The summed E-state index contributed by atoms with van der Waals surface area (Å²) in [6.45, 7) is 7.20. The van der Waals surface area contributed by atoms with E-state index in [1.165, 1.54) is 0 Å². The highest BCUT2D eigenvalue weighted by molar-refractivity contribution is 5.77. The van der Waals surface area contributed by atoms with E-state index < -0.39 is 11.0 Å². The van der Waals surface area contributed by atoms with Crippen molar-refractivity contribution in [3.63, 3.8) is 0 Å². The smallest absolute Gasteiger partial charge is 0.314 e. The van der Waals surface area contributed by atoms with Gasteiger partial charge in [-0.1, -0.05) is 30.3 Å². The molecule has 0 saturated carbocycles. The van der Waals surface area contributed by atoms with Gasteiger partial charge in [0.2, 0.25) is 0 Å². The Morgan fingerprint density at radius 3 is 2.28 bits per heavy atom. The minimum absolute atomic E-state index is 0.323. The van der Waals surface area contributed by atoms with E-state index in [4.69, 9.17) is 4.74 Å². The molecule has 0 radical (unpaired) electrons. The lowest BCUT2D eigenvalue weighted by Gasteiger charge is -2.38. The van der Waals surface area contributed by atoms with Crippen LogP contribution < -0.4 is 0 Å². The molecule has 0 bridgehead atoms. The van der Waals surface area contributed by atoms with Crippen LogP contribution in [0.3, 0.4) is 0 Å². The first-order valence-corrected chi connectivity index (χ1v) is 6.25. The van der Waals surface area contributed by atoms with Gasteiger partial charge >= 0.3 is 5.97 Å². The number of carbonyl (C=O) groups excluding carboxylic acids is 1. The summed E-state index contributed by atoms with van der Waals surface area (Å²) < 4.78 is 5.03. The van der Waals surface area contributed by atoms with Gasteiger partial charge < -0.3 is 9.84 Å². The van der Waals surface area contributed by atoms with Crippen LogP contribution in [0.2, 0.25) is 0 Å². The monoisotopic (exact) mass is 250 g/mol. The number of hydrogen-bond acceptors (Lipinski definition) is 3. The van der Waals surface area contributed by atoms with Gasteiger partial charge in [-0.2, -0.15) is 0 Å². The standard InChI is InChI=1S/C15H22O3/c1-5-18-13(16)14(2,3)15(4,17)11-12-9-7-6-8-10-12/h6-10,17H,5,11H2,1-4H3. The van der Waals surface area contributed by atoms with E-state index in [2.05, 4.69) is 0 Å². The minimum Gasteiger partial charge on any atom is -0.465 e. The second-order valence-electron chi connectivity index (χ2n) is 5.28. The molecule has 0 heterocycles. The molecule has 1 aromatic rings. The summed E-state index contributed by atoms with van der Waals surface area (Å²) >= 11 is 0. The fraction of sp³-hybridized carbons (Fsp3) is 0.533. The van der Waals surface area contributed by atoms with Gasteiger partial charge in [0.25, 0.3) is 0 Å². The van der Waals surface area contributed by atoms with Gasteiger partial charge in [-0.3, -0.25) is 4.79 Å². The van der Waals surface area contributed by atoms with Crippen LogP contribution in [0.4, 0.5) is 0 Å². The Kier molecular flexibility index (Phi) is 4.52. The zero-order valence-corrected chi connectivity index (χ0v) is 11.6. The maximum Gasteiger partial charge on any atom is 0.314 e. The van der Waals surface area contributed by atoms with Gasteiger partial charge in [-0.15, -0.1) is 0 Å². The number of benzene rings is 1. The highest BCUT2D eigenvalue weighted by Gasteiger charge is 2.46. The number of aliphatic hydroxyl groups is 1. The molecule has 1 aromatic carbocycles. The first kappa shape index (κ1) is 14.7. The third-order valence-corrected chi connectivity index (χ3v) is 3.52. The number of hydrogen-bond donors (Lipinski definition) is 1. The van der Waals surface area contributed by atoms with Crippen LogP contribution in [0.25, 0.3) is 0 Å². The summed E-state index contributed by atoms with van der Waals surface area (Å²) in [6, 6.07) is 9.64. The molecule has 0 aromatic heterocycles. The first-order valence-electron chi connectivity index (χ1n) is 6.25. The second-order valence-corrected chi connectivity index (χ2v) is 5.28. The van der Waals surface area contributed by atoms with Crippen LogP contribution in [-0.2, 0) is 16.0 Å². The van der Waals surface area contributed by atoms with Gasteiger partial charge in [0.05, 0.1) is 17.6 Å². The number of rotatable bonds is 5. The van der Waals surface area contributed by atoms with Crippen LogP contribution in [-0.4, -0.2) is 23.3 Å². The molecule has 3 heteroatoms. The lowest BCUT2D eigenvalue weighted by atomic mass is 9.73. The lowest BCUT2D eigenvalue weighted by molar-refractivity contribution is -0.168. The molecule has 1 unspecified atom stereocenters. The van der Waals surface area contributed by atoms with E-state index in [0.29, 0.717) is 13.0 Å². The predicted molar refractivity (Wildman–Crippen MR) is 71.2 cm³/mol. The molecule has 0 aliphatic carbocycles. The van der Waals surface area contributed by atoms with Crippen molar-refractivity contribution in [2.45, 2.75) is 39.7 Å². The van der Waals surface area contributed by atoms with Gasteiger partial charge in [0, 0.05) is 6.42 Å². The van der Waals surface area contributed by atoms with E-state index >= 15 is 0 Å². The molecular weight excluding hydrogens is 228 g/mol. The van der Waals surface area contributed by atoms with Crippen molar-refractivity contribution >= 4 is 5.97 Å². The normalized spacial score (nSPS) is 14.9. The molecule has 3 nitrogen and oxygen atoms in total. The average molecular weight is 250 g/mol. The van der Waals surface area contributed by atoms with E-state index in [0.717, 1.165) is 5.56 Å². The summed E-state index contributed by atoms with van der Waals surface area (Å²) in [5.74, 6) is -0.370. The van der Waals surface area contributed by atoms with Crippen LogP contribution >= 0.6 is 0 Å². The van der Waals surface area contributed by atoms with Crippen molar-refractivity contribution in [2.75, 3.05) is 6.61 Å². The summed E-state index contributed by atoms with van der Waals surface area (Å²) in [4.78, 5) is 11.9. The fourth-order valence-electron chi connectivity index (χ4n) is 1.75. The maximum absolute atomic E-state index is 11.9. The number of ether oxygens (including phenoxy) is 1. The first-order chi connectivity index (χ1) is 8.31. The van der Waals surface area contributed by atoms with Crippen molar-refractivity contribution < 1.29 is 14.6 Å². The van der Waals surface area contributed by atoms with Crippen molar-refractivity contribution in [1.82, 2.24) is 0 Å². The number of esters is 1. The highest BCUT2D eigenvalue weighted by atomic mass is 16.5. The van der Waals surface area contributed by atoms with Crippen LogP contribution in [0.1, 0.15) is 33.3 Å². The predicted octanol–water partition coefficient (Wildman–Crippen LogP) is 2.57. The van der Waals surface area contributed by atoms with Gasteiger partial charge in [0.15, 0.2) is 0 Å². The molecular formula is C15H22O3. The topological polar surface area (TPSA) is 46.5 Å². The molecule has 1 N–H and O–H groups in total.